The minimum Gasteiger partial charge on any atom is -0.389 e. The van der Waals surface area contributed by atoms with Gasteiger partial charge in [-0.05, 0) is 16.3 Å². The van der Waals surface area contributed by atoms with Crippen LogP contribution >= 0.6 is 0 Å². The highest BCUT2D eigenvalue weighted by Gasteiger charge is 2.02. The molecule has 2 aromatic rings. The Bertz CT molecular complexity index is 489. The third-order valence-electron chi connectivity index (χ3n) is 2.39. The van der Waals surface area contributed by atoms with E-state index in [4.69, 9.17) is 5.11 Å². The molecular weight excluding hydrogens is 200 g/mol. The minimum atomic E-state index is -0.382. The highest BCUT2D eigenvalue weighted by molar-refractivity contribution is 5.86. The second-order valence-electron chi connectivity index (χ2n) is 3.56. The van der Waals surface area contributed by atoms with Crippen molar-refractivity contribution in [1.82, 2.24) is 0 Å². The Morgan fingerprint density at radius 3 is 2.44 bits per heavy atom. The summed E-state index contributed by atoms with van der Waals surface area (Å²) in [5.41, 5.74) is 0.952. The molecule has 2 heteroatoms. The molecule has 0 aliphatic carbocycles. The molecule has 1 N–H and O–H groups in total. The quantitative estimate of drug-likeness (QED) is 0.856. The molecule has 0 fully saturated rings. The van der Waals surface area contributed by atoms with E-state index in [2.05, 4.69) is 0 Å². The molecule has 2 rings (SSSR count). The number of rotatable bonds is 3. The Labute approximate surface area is 95.5 Å². The number of hydrogen-bond donors (Lipinski definition) is 1. The van der Waals surface area contributed by atoms with Gasteiger partial charge in [-0.2, -0.15) is 0 Å². The van der Waals surface area contributed by atoms with Gasteiger partial charge >= 0.3 is 0 Å². The van der Waals surface area contributed by atoms with Gasteiger partial charge in [-0.3, -0.25) is 4.79 Å². The van der Waals surface area contributed by atoms with E-state index < -0.39 is 0 Å². The maximum Gasteiger partial charge on any atom is 0.162 e. The maximum absolute atomic E-state index is 11.1. The van der Waals surface area contributed by atoms with Crippen LogP contribution < -0.4 is 0 Å². The van der Waals surface area contributed by atoms with Gasteiger partial charge in [0.25, 0.3) is 0 Å². The van der Waals surface area contributed by atoms with Crippen LogP contribution in [0.2, 0.25) is 0 Å². The van der Waals surface area contributed by atoms with E-state index in [9.17, 15) is 4.79 Å². The lowest BCUT2D eigenvalue weighted by Crippen LogP contribution is -2.06. The topological polar surface area (TPSA) is 37.3 Å². The maximum atomic E-state index is 11.1. The highest BCUT2D eigenvalue weighted by atomic mass is 16.3. The zero-order valence-corrected chi connectivity index (χ0v) is 8.31. The standard InChI is InChI=1S/C13H12O2.CH4/c14-9-13(15)8-10-5-6-11-3-1-2-4-12(11)7-10;/h1-7,14H,8-9H2;1H4. The predicted octanol–water partition coefficient (Wildman–Crippen LogP) is 2.58. The summed E-state index contributed by atoms with van der Waals surface area (Å²) < 4.78 is 0. The summed E-state index contributed by atoms with van der Waals surface area (Å²) in [5, 5.41) is 11.0. The Morgan fingerprint density at radius 2 is 1.75 bits per heavy atom. The molecule has 0 spiro atoms. The van der Waals surface area contributed by atoms with Crippen molar-refractivity contribution >= 4 is 16.6 Å². The first-order valence-electron chi connectivity index (χ1n) is 4.90. The molecule has 2 aromatic carbocycles. The van der Waals surface area contributed by atoms with Crippen molar-refractivity contribution in [1.29, 1.82) is 0 Å². The predicted molar refractivity (Wildman–Crippen MR) is 66.5 cm³/mol. The van der Waals surface area contributed by atoms with Crippen molar-refractivity contribution in [2.24, 2.45) is 0 Å². The molecule has 0 radical (unpaired) electrons. The smallest absolute Gasteiger partial charge is 0.162 e. The number of hydrogen-bond acceptors (Lipinski definition) is 2. The molecule has 0 aliphatic heterocycles. The number of fused-ring (bicyclic) bond motifs is 1. The lowest BCUT2D eigenvalue weighted by Gasteiger charge is -2.01. The number of Topliss-reactive ketones (excluding diaryl/α,β-unsaturated/α-hetero) is 1. The molecule has 0 saturated carbocycles. The molecule has 0 amide bonds. The van der Waals surface area contributed by atoms with Crippen LogP contribution in [0.25, 0.3) is 10.8 Å². The Hall–Kier alpha value is -1.67. The molecule has 0 aliphatic rings. The van der Waals surface area contributed by atoms with E-state index in [0.717, 1.165) is 16.3 Å². The van der Waals surface area contributed by atoms with E-state index in [1.165, 1.54) is 0 Å². The lowest BCUT2D eigenvalue weighted by atomic mass is 10.0. The van der Waals surface area contributed by atoms with E-state index in [1.54, 1.807) is 0 Å². The van der Waals surface area contributed by atoms with Crippen LogP contribution in [0.5, 0.6) is 0 Å². The molecule has 0 bridgehead atoms. The van der Waals surface area contributed by atoms with Gasteiger partial charge in [0.2, 0.25) is 0 Å². The largest absolute Gasteiger partial charge is 0.389 e. The fourth-order valence-corrected chi connectivity index (χ4v) is 1.63. The average Bonchev–Trinajstić information content (AvgIpc) is 2.29. The number of carbonyl (C=O) groups excluding carboxylic acids is 1. The molecule has 0 atom stereocenters. The van der Waals surface area contributed by atoms with E-state index in [1.807, 2.05) is 42.5 Å². The second-order valence-corrected chi connectivity index (χ2v) is 3.56. The van der Waals surface area contributed by atoms with Crippen molar-refractivity contribution in [2.75, 3.05) is 6.61 Å². The zero-order valence-electron chi connectivity index (χ0n) is 8.31. The monoisotopic (exact) mass is 216 g/mol. The lowest BCUT2D eigenvalue weighted by molar-refractivity contribution is -0.121. The van der Waals surface area contributed by atoms with Gasteiger partial charge < -0.3 is 5.11 Å². The fourth-order valence-electron chi connectivity index (χ4n) is 1.63. The second kappa shape index (κ2) is 5.42. The summed E-state index contributed by atoms with van der Waals surface area (Å²) in [6.07, 6.45) is 0.307. The van der Waals surface area contributed by atoms with Crippen molar-refractivity contribution < 1.29 is 9.90 Å². The van der Waals surface area contributed by atoms with Gasteiger partial charge in [0, 0.05) is 6.42 Å². The Morgan fingerprint density at radius 1 is 1.06 bits per heavy atom. The van der Waals surface area contributed by atoms with E-state index in [-0.39, 0.29) is 19.8 Å². The van der Waals surface area contributed by atoms with Crippen LogP contribution in [-0.4, -0.2) is 17.5 Å². The minimum absolute atomic E-state index is 0. The van der Waals surface area contributed by atoms with Gasteiger partial charge in [0.05, 0.1) is 0 Å². The van der Waals surface area contributed by atoms with Crippen LogP contribution in [0, 0.1) is 0 Å². The number of aliphatic hydroxyl groups excluding tert-OH is 1. The first kappa shape index (κ1) is 12.4. The summed E-state index contributed by atoms with van der Waals surface area (Å²) in [6, 6.07) is 13.9. The molecular formula is C14H16O2. The van der Waals surface area contributed by atoms with Gasteiger partial charge in [-0.25, -0.2) is 0 Å². The molecule has 0 heterocycles. The van der Waals surface area contributed by atoms with Crippen LogP contribution in [0.4, 0.5) is 0 Å². The SMILES string of the molecule is C.O=C(CO)Cc1ccc2ccccc2c1. The summed E-state index contributed by atoms with van der Waals surface area (Å²) in [5.74, 6) is -0.148. The number of benzene rings is 2. The molecule has 84 valence electrons. The molecule has 0 saturated heterocycles. The number of ketones is 1. The summed E-state index contributed by atoms with van der Waals surface area (Å²) in [4.78, 5) is 11.1. The molecule has 0 aromatic heterocycles. The molecule has 0 unspecified atom stereocenters. The van der Waals surface area contributed by atoms with Gasteiger partial charge in [-0.1, -0.05) is 49.9 Å². The van der Waals surface area contributed by atoms with E-state index in [0.29, 0.717) is 6.42 Å². The number of aliphatic hydroxyl groups is 1. The first-order valence-corrected chi connectivity index (χ1v) is 4.90. The van der Waals surface area contributed by atoms with Gasteiger partial charge in [-0.15, -0.1) is 0 Å². The van der Waals surface area contributed by atoms with E-state index >= 15 is 0 Å². The van der Waals surface area contributed by atoms with Crippen molar-refractivity contribution in [3.63, 3.8) is 0 Å². The third-order valence-corrected chi connectivity index (χ3v) is 2.39. The normalized spacial score (nSPS) is 9.81. The van der Waals surface area contributed by atoms with Crippen LogP contribution in [0.15, 0.2) is 42.5 Å². The molecule has 2 nitrogen and oxygen atoms in total. The van der Waals surface area contributed by atoms with Crippen molar-refractivity contribution in [3.8, 4) is 0 Å². The van der Waals surface area contributed by atoms with Crippen LogP contribution in [0.1, 0.15) is 13.0 Å². The van der Waals surface area contributed by atoms with Crippen molar-refractivity contribution in [2.45, 2.75) is 13.8 Å². The van der Waals surface area contributed by atoms with Gasteiger partial charge in [0.1, 0.15) is 6.61 Å². The number of carbonyl (C=O) groups is 1. The van der Waals surface area contributed by atoms with Crippen LogP contribution in [0.3, 0.4) is 0 Å². The Kier molecular flexibility index (Phi) is 4.20. The third kappa shape index (κ3) is 2.67. The first-order chi connectivity index (χ1) is 7.29. The summed E-state index contributed by atoms with van der Waals surface area (Å²) >= 11 is 0. The fraction of sp³-hybridized carbons (Fsp3) is 0.214. The molecule has 16 heavy (non-hydrogen) atoms. The van der Waals surface area contributed by atoms with Gasteiger partial charge in [0.15, 0.2) is 5.78 Å². The summed E-state index contributed by atoms with van der Waals surface area (Å²) in [7, 11) is 0. The summed E-state index contributed by atoms with van der Waals surface area (Å²) in [6.45, 7) is -0.382. The average molecular weight is 216 g/mol. The van der Waals surface area contributed by atoms with Crippen LogP contribution in [-0.2, 0) is 11.2 Å². The Balaban J connectivity index is 0.00000128. The zero-order chi connectivity index (χ0) is 10.7. The highest BCUT2D eigenvalue weighted by Crippen LogP contribution is 2.15. The van der Waals surface area contributed by atoms with Crippen molar-refractivity contribution in [3.05, 3.63) is 48.0 Å².